The lowest BCUT2D eigenvalue weighted by molar-refractivity contribution is 0.204. The number of hydrogen-bond donors (Lipinski definition) is 2. The van der Waals surface area contributed by atoms with Gasteiger partial charge in [0.25, 0.3) is 0 Å². The van der Waals surface area contributed by atoms with Gasteiger partial charge >= 0.3 is 0 Å². The van der Waals surface area contributed by atoms with Gasteiger partial charge in [0.2, 0.25) is 0 Å². The molecule has 110 valence electrons. The van der Waals surface area contributed by atoms with Crippen LogP contribution in [0, 0.1) is 0 Å². The van der Waals surface area contributed by atoms with Gasteiger partial charge in [0.15, 0.2) is 5.96 Å². The molecule has 0 aliphatic rings. The van der Waals surface area contributed by atoms with E-state index in [1.54, 1.807) is 0 Å². The highest BCUT2D eigenvalue weighted by Crippen LogP contribution is 2.09. The van der Waals surface area contributed by atoms with Gasteiger partial charge in [0.05, 0.1) is 6.54 Å². The first-order chi connectivity index (χ1) is 7.94. The zero-order valence-electron chi connectivity index (χ0n) is 12.8. The molecule has 0 saturated carbocycles. The van der Waals surface area contributed by atoms with Crippen LogP contribution in [-0.4, -0.2) is 50.1 Å². The number of hydrogen-bond acceptors (Lipinski definition) is 2. The molecule has 0 atom stereocenters. The lowest BCUT2D eigenvalue weighted by Gasteiger charge is -2.31. The second-order valence-corrected chi connectivity index (χ2v) is 5.18. The van der Waals surface area contributed by atoms with Crippen molar-refractivity contribution in [1.82, 2.24) is 15.5 Å². The Morgan fingerprint density at radius 1 is 1.17 bits per heavy atom. The first-order valence-corrected chi connectivity index (χ1v) is 6.63. The molecule has 0 aliphatic carbocycles. The second-order valence-electron chi connectivity index (χ2n) is 5.18. The van der Waals surface area contributed by atoms with Crippen molar-refractivity contribution in [3.05, 3.63) is 0 Å². The molecular formula is C13H31IN4. The van der Waals surface area contributed by atoms with E-state index in [9.17, 15) is 0 Å². The molecule has 0 heterocycles. The maximum atomic E-state index is 4.63. The Bertz CT molecular complexity index is 227. The Hall–Kier alpha value is -0.0400. The standard InChI is InChI=1S/C13H30N4.HI/c1-7-9-10-15-12(14-8-2)16-11-13(3,4)17(5)6;/h7-11H2,1-6H3,(H2,14,15,16);1H. The van der Waals surface area contributed by atoms with E-state index in [1.807, 2.05) is 0 Å². The fourth-order valence-electron chi connectivity index (χ4n) is 1.14. The molecule has 5 heteroatoms. The third-order valence-corrected chi connectivity index (χ3v) is 3.00. The second kappa shape index (κ2) is 10.8. The minimum Gasteiger partial charge on any atom is -0.357 e. The Labute approximate surface area is 130 Å². The van der Waals surface area contributed by atoms with Gasteiger partial charge in [-0.1, -0.05) is 13.3 Å². The van der Waals surface area contributed by atoms with E-state index in [-0.39, 0.29) is 29.5 Å². The smallest absolute Gasteiger partial charge is 0.191 e. The zero-order valence-corrected chi connectivity index (χ0v) is 15.2. The molecule has 0 rings (SSSR count). The molecular weight excluding hydrogens is 339 g/mol. The largest absolute Gasteiger partial charge is 0.357 e. The van der Waals surface area contributed by atoms with Gasteiger partial charge in [-0.25, -0.2) is 0 Å². The molecule has 0 spiro atoms. The Morgan fingerprint density at radius 3 is 2.22 bits per heavy atom. The van der Waals surface area contributed by atoms with Crippen LogP contribution in [0.3, 0.4) is 0 Å². The van der Waals surface area contributed by atoms with Crippen molar-refractivity contribution < 1.29 is 0 Å². The SMILES string of the molecule is CCCCNC(=NCC(C)(C)N(C)C)NCC.I. The highest BCUT2D eigenvalue weighted by molar-refractivity contribution is 14.0. The number of guanidine groups is 1. The molecule has 0 unspecified atom stereocenters. The first-order valence-electron chi connectivity index (χ1n) is 6.63. The van der Waals surface area contributed by atoms with Gasteiger partial charge in [0, 0.05) is 18.6 Å². The quantitative estimate of drug-likeness (QED) is 0.313. The summed E-state index contributed by atoms with van der Waals surface area (Å²) in [6.45, 7) is 11.4. The summed E-state index contributed by atoms with van der Waals surface area (Å²) in [6.07, 6.45) is 2.39. The van der Waals surface area contributed by atoms with Gasteiger partial charge in [-0.15, -0.1) is 24.0 Å². The van der Waals surface area contributed by atoms with Crippen molar-refractivity contribution in [3.8, 4) is 0 Å². The summed E-state index contributed by atoms with van der Waals surface area (Å²) >= 11 is 0. The van der Waals surface area contributed by atoms with E-state index < -0.39 is 0 Å². The van der Waals surface area contributed by atoms with E-state index in [0.29, 0.717) is 0 Å². The lowest BCUT2D eigenvalue weighted by atomic mass is 10.1. The third-order valence-electron chi connectivity index (χ3n) is 3.00. The Kier molecular flexibility index (Phi) is 12.2. The van der Waals surface area contributed by atoms with E-state index >= 15 is 0 Å². The average Bonchev–Trinajstić information content (AvgIpc) is 2.26. The van der Waals surface area contributed by atoms with Crippen LogP contribution < -0.4 is 10.6 Å². The average molecular weight is 370 g/mol. The summed E-state index contributed by atoms with van der Waals surface area (Å²) in [4.78, 5) is 6.83. The summed E-state index contributed by atoms with van der Waals surface area (Å²) in [6, 6.07) is 0. The fourth-order valence-corrected chi connectivity index (χ4v) is 1.14. The predicted octanol–water partition coefficient (Wildman–Crippen LogP) is 2.30. The monoisotopic (exact) mass is 370 g/mol. The summed E-state index contributed by atoms with van der Waals surface area (Å²) < 4.78 is 0. The van der Waals surface area contributed by atoms with Crippen molar-refractivity contribution in [2.24, 2.45) is 4.99 Å². The van der Waals surface area contributed by atoms with Crippen LogP contribution in [0.4, 0.5) is 0 Å². The minimum absolute atomic E-state index is 0. The summed E-state index contributed by atoms with van der Waals surface area (Å²) in [5, 5.41) is 6.63. The highest BCUT2D eigenvalue weighted by Gasteiger charge is 2.19. The molecule has 0 aromatic carbocycles. The molecule has 0 bridgehead atoms. The number of unbranched alkanes of at least 4 members (excludes halogenated alkanes) is 1. The number of halogens is 1. The van der Waals surface area contributed by atoms with Crippen LogP contribution in [0.2, 0.25) is 0 Å². The van der Waals surface area contributed by atoms with Crippen LogP contribution in [0.1, 0.15) is 40.5 Å². The summed E-state index contributed by atoms with van der Waals surface area (Å²) in [5.74, 6) is 0.927. The highest BCUT2D eigenvalue weighted by atomic mass is 127. The molecule has 0 fully saturated rings. The van der Waals surface area contributed by atoms with E-state index in [4.69, 9.17) is 0 Å². The van der Waals surface area contributed by atoms with Gasteiger partial charge < -0.3 is 15.5 Å². The van der Waals surface area contributed by atoms with Gasteiger partial charge in [-0.05, 0) is 41.3 Å². The summed E-state index contributed by atoms with van der Waals surface area (Å²) in [7, 11) is 4.18. The number of aliphatic imine (C=N–C) groups is 1. The molecule has 4 nitrogen and oxygen atoms in total. The van der Waals surface area contributed by atoms with Crippen molar-refractivity contribution >= 4 is 29.9 Å². The molecule has 0 aliphatic heterocycles. The normalized spacial score (nSPS) is 12.3. The van der Waals surface area contributed by atoms with Crippen LogP contribution in [0.15, 0.2) is 4.99 Å². The summed E-state index contributed by atoms with van der Waals surface area (Å²) in [5.41, 5.74) is 0.0904. The molecule has 0 aromatic rings. The van der Waals surface area contributed by atoms with Crippen molar-refractivity contribution in [3.63, 3.8) is 0 Å². The van der Waals surface area contributed by atoms with Gasteiger partial charge in [-0.3, -0.25) is 4.99 Å². The van der Waals surface area contributed by atoms with E-state index in [2.05, 4.69) is 62.3 Å². The Morgan fingerprint density at radius 2 is 1.78 bits per heavy atom. The van der Waals surface area contributed by atoms with E-state index in [1.165, 1.54) is 12.8 Å². The van der Waals surface area contributed by atoms with Crippen molar-refractivity contribution in [2.45, 2.75) is 46.1 Å². The zero-order chi connectivity index (χ0) is 13.3. The Balaban J connectivity index is 0. The van der Waals surface area contributed by atoms with Crippen molar-refractivity contribution in [2.75, 3.05) is 33.7 Å². The van der Waals surface area contributed by atoms with Crippen LogP contribution in [0.5, 0.6) is 0 Å². The number of nitrogens with zero attached hydrogens (tertiary/aromatic N) is 2. The van der Waals surface area contributed by atoms with Crippen LogP contribution in [-0.2, 0) is 0 Å². The third kappa shape index (κ3) is 8.97. The molecule has 0 amide bonds. The van der Waals surface area contributed by atoms with Crippen LogP contribution >= 0.6 is 24.0 Å². The molecule has 0 saturated heterocycles. The molecule has 18 heavy (non-hydrogen) atoms. The minimum atomic E-state index is 0. The number of nitrogens with one attached hydrogen (secondary N) is 2. The number of likely N-dealkylation sites (N-methyl/N-ethyl adjacent to an activating group) is 1. The van der Waals surface area contributed by atoms with Gasteiger partial charge in [0.1, 0.15) is 0 Å². The topological polar surface area (TPSA) is 39.7 Å². The predicted molar refractivity (Wildman–Crippen MR) is 92.1 cm³/mol. The molecule has 0 aromatic heterocycles. The van der Waals surface area contributed by atoms with Gasteiger partial charge in [-0.2, -0.15) is 0 Å². The van der Waals surface area contributed by atoms with E-state index in [0.717, 1.165) is 25.6 Å². The first kappa shape index (κ1) is 20.3. The van der Waals surface area contributed by atoms with Crippen molar-refractivity contribution in [1.29, 1.82) is 0 Å². The molecule has 0 radical (unpaired) electrons. The maximum Gasteiger partial charge on any atom is 0.191 e. The number of rotatable bonds is 7. The maximum absolute atomic E-state index is 4.63. The van der Waals surface area contributed by atoms with Crippen LogP contribution in [0.25, 0.3) is 0 Å². The lowest BCUT2D eigenvalue weighted by Crippen LogP contribution is -2.43. The fraction of sp³-hybridized carbons (Fsp3) is 0.923. The molecule has 2 N–H and O–H groups in total.